The second-order valence-electron chi connectivity index (χ2n) is 5.78. The van der Waals surface area contributed by atoms with Gasteiger partial charge in [0.25, 0.3) is 11.8 Å². The molecule has 1 heterocycles. The standard InChI is InChI=1S/C19H22N2O4S/c1-12(2)25-15-6-5-14(11-16(15)24-4)19(23)21-20-18(22)8-7-17-13(3)9-10-26-17/h5-12H,1-4H3,(H,20,22)(H,21,23)/b8-7+. The molecule has 2 amide bonds. The molecule has 1 aromatic carbocycles. The summed E-state index contributed by atoms with van der Waals surface area (Å²) in [4.78, 5) is 25.0. The highest BCUT2D eigenvalue weighted by Gasteiger charge is 2.12. The number of carbonyl (C=O) groups excluding carboxylic acids is 2. The summed E-state index contributed by atoms with van der Waals surface area (Å²) >= 11 is 1.54. The van der Waals surface area contributed by atoms with E-state index in [9.17, 15) is 9.59 Å². The van der Waals surface area contributed by atoms with Gasteiger partial charge in [-0.2, -0.15) is 0 Å². The van der Waals surface area contributed by atoms with Crippen molar-refractivity contribution in [1.82, 2.24) is 10.9 Å². The minimum atomic E-state index is -0.451. The Kier molecular flexibility index (Phi) is 6.80. The molecule has 0 spiro atoms. The van der Waals surface area contributed by atoms with Crippen LogP contribution in [0.15, 0.2) is 35.7 Å². The molecule has 0 saturated carbocycles. The summed E-state index contributed by atoms with van der Waals surface area (Å²) in [5.74, 6) is 0.134. The van der Waals surface area contributed by atoms with Crippen molar-refractivity contribution in [3.8, 4) is 11.5 Å². The third-order valence-corrected chi connectivity index (χ3v) is 4.36. The van der Waals surface area contributed by atoms with Gasteiger partial charge in [0, 0.05) is 16.5 Å². The van der Waals surface area contributed by atoms with Gasteiger partial charge in [-0.3, -0.25) is 20.4 Å². The number of methoxy groups -OCH3 is 1. The predicted octanol–water partition coefficient (Wildman–Crippen LogP) is 3.33. The van der Waals surface area contributed by atoms with Gasteiger partial charge in [-0.25, -0.2) is 0 Å². The van der Waals surface area contributed by atoms with E-state index in [1.807, 2.05) is 32.2 Å². The summed E-state index contributed by atoms with van der Waals surface area (Å²) < 4.78 is 10.9. The normalized spacial score (nSPS) is 10.8. The fourth-order valence-corrected chi connectivity index (χ4v) is 2.92. The van der Waals surface area contributed by atoms with Gasteiger partial charge in [-0.1, -0.05) is 0 Å². The lowest BCUT2D eigenvalue weighted by molar-refractivity contribution is -0.117. The topological polar surface area (TPSA) is 76.7 Å². The van der Waals surface area contributed by atoms with Gasteiger partial charge in [-0.05, 0) is 62.1 Å². The third kappa shape index (κ3) is 5.35. The molecule has 0 aliphatic carbocycles. The first-order valence-electron chi connectivity index (χ1n) is 8.08. The van der Waals surface area contributed by atoms with Gasteiger partial charge in [0.15, 0.2) is 11.5 Å². The van der Waals surface area contributed by atoms with E-state index >= 15 is 0 Å². The summed E-state index contributed by atoms with van der Waals surface area (Å²) in [6, 6.07) is 6.80. The first-order valence-corrected chi connectivity index (χ1v) is 8.96. The molecule has 26 heavy (non-hydrogen) atoms. The van der Waals surface area contributed by atoms with Crippen LogP contribution in [0.3, 0.4) is 0 Å². The smallest absolute Gasteiger partial charge is 0.269 e. The number of benzene rings is 1. The molecule has 0 atom stereocenters. The number of hydrogen-bond donors (Lipinski definition) is 2. The van der Waals surface area contributed by atoms with Crippen molar-refractivity contribution in [3.05, 3.63) is 51.7 Å². The lowest BCUT2D eigenvalue weighted by Crippen LogP contribution is -2.40. The van der Waals surface area contributed by atoms with Crippen LogP contribution >= 0.6 is 11.3 Å². The zero-order valence-corrected chi connectivity index (χ0v) is 16.0. The van der Waals surface area contributed by atoms with E-state index in [1.54, 1.807) is 35.6 Å². The Morgan fingerprint density at radius 3 is 2.54 bits per heavy atom. The number of thiophene rings is 1. The molecule has 2 rings (SSSR count). The molecule has 1 aromatic heterocycles. The minimum absolute atomic E-state index is 0.0124. The van der Waals surface area contributed by atoms with Crippen LogP contribution in [0.4, 0.5) is 0 Å². The van der Waals surface area contributed by atoms with Crippen LogP contribution in [0.5, 0.6) is 11.5 Å². The number of carbonyl (C=O) groups is 2. The molecule has 0 saturated heterocycles. The number of hydrazine groups is 1. The molecule has 0 aliphatic heterocycles. The first-order chi connectivity index (χ1) is 12.4. The lowest BCUT2D eigenvalue weighted by Gasteiger charge is -2.14. The summed E-state index contributed by atoms with van der Waals surface area (Å²) in [5.41, 5.74) is 6.17. The Morgan fingerprint density at radius 1 is 1.15 bits per heavy atom. The molecule has 0 radical (unpaired) electrons. The Labute approximate surface area is 156 Å². The molecule has 0 aliphatic rings. The van der Waals surface area contributed by atoms with Crippen LogP contribution in [0.1, 0.15) is 34.6 Å². The van der Waals surface area contributed by atoms with Gasteiger partial charge >= 0.3 is 0 Å². The summed E-state index contributed by atoms with van der Waals surface area (Å²) in [6.07, 6.45) is 3.07. The zero-order valence-electron chi connectivity index (χ0n) is 15.2. The van der Waals surface area contributed by atoms with Crippen LogP contribution < -0.4 is 20.3 Å². The Balaban J connectivity index is 1.96. The molecule has 6 nitrogen and oxygen atoms in total. The minimum Gasteiger partial charge on any atom is -0.493 e. The molecule has 0 unspecified atom stereocenters. The largest absolute Gasteiger partial charge is 0.493 e. The molecule has 2 N–H and O–H groups in total. The van der Waals surface area contributed by atoms with Crippen molar-refractivity contribution >= 4 is 29.2 Å². The monoisotopic (exact) mass is 374 g/mol. The van der Waals surface area contributed by atoms with E-state index in [0.717, 1.165) is 10.4 Å². The number of amides is 2. The quantitative estimate of drug-likeness (QED) is 0.601. The second kappa shape index (κ2) is 9.05. The van der Waals surface area contributed by atoms with Gasteiger partial charge in [-0.15, -0.1) is 11.3 Å². The van der Waals surface area contributed by atoms with Crippen molar-refractivity contribution in [1.29, 1.82) is 0 Å². The maximum atomic E-state index is 12.2. The summed E-state index contributed by atoms with van der Waals surface area (Å²) in [5, 5.41) is 1.95. The molecule has 2 aromatic rings. The number of nitrogens with one attached hydrogen (secondary N) is 2. The lowest BCUT2D eigenvalue weighted by atomic mass is 10.2. The highest BCUT2D eigenvalue weighted by molar-refractivity contribution is 7.11. The van der Waals surface area contributed by atoms with Crippen molar-refractivity contribution in [2.24, 2.45) is 0 Å². The van der Waals surface area contributed by atoms with E-state index in [2.05, 4.69) is 10.9 Å². The highest BCUT2D eigenvalue weighted by atomic mass is 32.1. The van der Waals surface area contributed by atoms with Crippen molar-refractivity contribution < 1.29 is 19.1 Å². The predicted molar refractivity (Wildman–Crippen MR) is 102 cm³/mol. The van der Waals surface area contributed by atoms with Crippen molar-refractivity contribution in [2.75, 3.05) is 7.11 Å². The molecule has 0 bridgehead atoms. The Hall–Kier alpha value is -2.80. The maximum Gasteiger partial charge on any atom is 0.269 e. The number of hydrogen-bond acceptors (Lipinski definition) is 5. The van der Waals surface area contributed by atoms with Crippen LogP contribution in [-0.2, 0) is 4.79 Å². The van der Waals surface area contributed by atoms with Crippen LogP contribution in [0.25, 0.3) is 6.08 Å². The van der Waals surface area contributed by atoms with Gasteiger partial charge in [0.2, 0.25) is 0 Å². The van der Waals surface area contributed by atoms with Gasteiger partial charge in [0.05, 0.1) is 13.2 Å². The molecule has 0 fully saturated rings. The van der Waals surface area contributed by atoms with E-state index in [4.69, 9.17) is 9.47 Å². The third-order valence-electron chi connectivity index (χ3n) is 3.38. The Bertz CT molecular complexity index is 812. The van der Waals surface area contributed by atoms with E-state index < -0.39 is 11.8 Å². The van der Waals surface area contributed by atoms with Gasteiger partial charge in [0.1, 0.15) is 0 Å². The van der Waals surface area contributed by atoms with E-state index in [0.29, 0.717) is 17.1 Å². The van der Waals surface area contributed by atoms with Crippen molar-refractivity contribution in [2.45, 2.75) is 26.9 Å². The molecular weight excluding hydrogens is 352 g/mol. The van der Waals surface area contributed by atoms with Crippen LogP contribution in [0, 0.1) is 6.92 Å². The summed E-state index contributed by atoms with van der Waals surface area (Å²) in [7, 11) is 1.50. The SMILES string of the molecule is COc1cc(C(=O)NNC(=O)/C=C/c2sccc2C)ccc1OC(C)C. The first kappa shape index (κ1) is 19.5. The number of ether oxygens (including phenoxy) is 2. The number of aryl methyl sites for hydroxylation is 1. The Morgan fingerprint density at radius 2 is 1.92 bits per heavy atom. The zero-order chi connectivity index (χ0) is 19.1. The number of rotatable bonds is 6. The average molecular weight is 374 g/mol. The fraction of sp³-hybridized carbons (Fsp3) is 0.263. The van der Waals surface area contributed by atoms with E-state index in [-0.39, 0.29) is 6.10 Å². The van der Waals surface area contributed by atoms with E-state index in [1.165, 1.54) is 13.2 Å². The molecule has 138 valence electrons. The van der Waals surface area contributed by atoms with Crippen molar-refractivity contribution in [3.63, 3.8) is 0 Å². The second-order valence-corrected chi connectivity index (χ2v) is 6.72. The van der Waals surface area contributed by atoms with Crippen LogP contribution in [-0.4, -0.2) is 25.0 Å². The molecular formula is C19H22N2O4S. The fourth-order valence-electron chi connectivity index (χ4n) is 2.10. The van der Waals surface area contributed by atoms with Crippen LogP contribution in [0.2, 0.25) is 0 Å². The highest BCUT2D eigenvalue weighted by Crippen LogP contribution is 2.28. The molecule has 7 heteroatoms. The summed E-state index contributed by atoms with van der Waals surface area (Å²) in [6.45, 7) is 5.78. The van der Waals surface area contributed by atoms with Gasteiger partial charge < -0.3 is 9.47 Å². The average Bonchev–Trinajstić information content (AvgIpc) is 3.02. The maximum absolute atomic E-state index is 12.2.